The quantitative estimate of drug-likeness (QED) is 0.124. The summed E-state index contributed by atoms with van der Waals surface area (Å²) in [4.78, 5) is 25.7. The van der Waals surface area contributed by atoms with E-state index in [-0.39, 0.29) is 46.9 Å². The van der Waals surface area contributed by atoms with Crippen molar-refractivity contribution in [2.75, 3.05) is 54.0 Å². The highest BCUT2D eigenvalue weighted by molar-refractivity contribution is 8.24. The number of ether oxygens (including phenoxy) is 4. The first kappa shape index (κ1) is 60.9. The molecule has 0 radical (unpaired) electrons. The largest absolute Gasteiger partial charge is 0.507 e. The number of carbonyl (C=O) groups excluding carboxylic acids is 2. The Balaban J connectivity index is 0.000000306. The van der Waals surface area contributed by atoms with E-state index in [2.05, 4.69) is 16.3 Å². The number of esters is 2. The minimum absolute atomic E-state index is 0. The minimum atomic E-state index is -4.58. The van der Waals surface area contributed by atoms with Gasteiger partial charge < -0.3 is 37.6 Å². The van der Waals surface area contributed by atoms with E-state index in [1.165, 1.54) is 19.4 Å². The van der Waals surface area contributed by atoms with E-state index >= 15 is 0 Å². The molecule has 6 atom stereocenters. The van der Waals surface area contributed by atoms with Crippen LogP contribution in [0.25, 0.3) is 11.1 Å². The summed E-state index contributed by atoms with van der Waals surface area (Å²) in [6.45, 7) is 0.729. The van der Waals surface area contributed by atoms with Gasteiger partial charge in [0.1, 0.15) is 23.4 Å². The predicted octanol–water partition coefficient (Wildman–Crippen LogP) is 14.8. The molecule has 2 aliphatic heterocycles. The Morgan fingerprint density at radius 2 is 1.15 bits per heavy atom. The van der Waals surface area contributed by atoms with Crippen LogP contribution < -0.4 is 0 Å². The molecule has 25 heteroatoms. The molecular formula is C43H53Cl5F6O10P2S2. The van der Waals surface area contributed by atoms with E-state index in [1.54, 1.807) is 46.3 Å². The molecule has 1 N–H and O–H groups in total. The Kier molecular flexibility index (Phi) is 22.0. The maximum atomic E-state index is 13.2. The normalized spacial score (nSPS) is 24.5. The van der Waals surface area contributed by atoms with Crippen LogP contribution in [0.2, 0.25) is 20.1 Å². The van der Waals surface area contributed by atoms with E-state index in [0.29, 0.717) is 77.1 Å². The molecule has 0 amide bonds. The third-order valence-corrected chi connectivity index (χ3v) is 14.8. The summed E-state index contributed by atoms with van der Waals surface area (Å²) in [5.41, 5.74) is -2.47. The van der Waals surface area contributed by atoms with Crippen molar-refractivity contribution in [2.45, 2.75) is 96.2 Å². The molecule has 0 bridgehead atoms. The highest BCUT2D eigenvalue weighted by atomic mass is 35.7. The summed E-state index contributed by atoms with van der Waals surface area (Å²) >= 11 is 39.8. The van der Waals surface area contributed by atoms with Crippen LogP contribution in [-0.4, -0.2) is 94.6 Å². The summed E-state index contributed by atoms with van der Waals surface area (Å²) in [5, 5.41) is 12.3. The van der Waals surface area contributed by atoms with Crippen LogP contribution in [0.3, 0.4) is 0 Å². The van der Waals surface area contributed by atoms with Crippen molar-refractivity contribution < 1.29 is 73.6 Å². The van der Waals surface area contributed by atoms with Gasteiger partial charge in [-0.2, -0.15) is 26.3 Å². The van der Waals surface area contributed by atoms with Crippen molar-refractivity contribution in [3.63, 3.8) is 0 Å². The second kappa shape index (κ2) is 24.6. The second-order valence-corrected chi connectivity index (χ2v) is 28.6. The first-order chi connectivity index (χ1) is 30.9. The first-order valence-electron chi connectivity index (χ1n) is 20.4. The molecule has 6 unspecified atom stereocenters. The maximum absolute atomic E-state index is 13.2. The molecule has 2 saturated carbocycles. The SMILES string of the molecule is C.COCC1CCCC2(C1)OC(=O)C(c1c(C)cc(Cl)cc1Cl)=C2O.COCC1CCCC2(C1)OC(=O)C(c1c(C)cc(Cl)cc1Cl)=C2OP(C)(=S)OCC(F)(F)F.CP(=S)(Cl)OCC(F)(F)F. The van der Waals surface area contributed by atoms with E-state index < -0.39 is 60.8 Å². The number of carbonyl (C=O) groups is 2. The average molecular weight is 1150 g/mol. The number of halogens is 11. The number of aliphatic hydroxyl groups is 1. The van der Waals surface area contributed by atoms with E-state index in [9.17, 15) is 41.0 Å². The second-order valence-electron chi connectivity index (χ2n) is 16.6. The van der Waals surface area contributed by atoms with Gasteiger partial charge in [-0.05, 0) is 124 Å². The van der Waals surface area contributed by atoms with Gasteiger partial charge in [-0.1, -0.05) is 76.9 Å². The molecule has 10 nitrogen and oxygen atoms in total. The summed E-state index contributed by atoms with van der Waals surface area (Å²) in [6, 6.07) is 6.39. The Hall–Kier alpha value is -1.37. The fourth-order valence-corrected chi connectivity index (χ4v) is 11.9. The highest BCUT2D eigenvalue weighted by Gasteiger charge is 2.54. The molecular weight excluding hydrogens is 1090 g/mol. The lowest BCUT2D eigenvalue weighted by molar-refractivity contribution is -0.154. The third-order valence-electron chi connectivity index (χ3n) is 10.9. The third kappa shape index (κ3) is 16.6. The number of aryl methyl sites for hydroxylation is 2. The van der Waals surface area contributed by atoms with Crippen molar-refractivity contribution in [1.29, 1.82) is 0 Å². The van der Waals surface area contributed by atoms with E-state index in [1.807, 2.05) is 0 Å². The van der Waals surface area contributed by atoms with Crippen molar-refractivity contribution >= 4 is 116 Å². The van der Waals surface area contributed by atoms with Gasteiger partial charge in [-0.3, -0.25) is 0 Å². The zero-order chi connectivity index (χ0) is 50.5. The maximum Gasteiger partial charge on any atom is 0.412 e. The predicted molar refractivity (Wildman–Crippen MR) is 262 cm³/mol. The molecule has 2 aliphatic carbocycles. The molecule has 4 aliphatic rings. The van der Waals surface area contributed by atoms with Gasteiger partial charge in [0.15, 0.2) is 29.3 Å². The lowest BCUT2D eigenvalue weighted by Crippen LogP contribution is -2.39. The van der Waals surface area contributed by atoms with Crippen molar-refractivity contribution in [3.8, 4) is 0 Å². The van der Waals surface area contributed by atoms with Crippen LogP contribution in [0.4, 0.5) is 26.3 Å². The molecule has 384 valence electrons. The molecule has 2 heterocycles. The molecule has 0 saturated heterocycles. The minimum Gasteiger partial charge on any atom is -0.507 e. The lowest BCUT2D eigenvalue weighted by Gasteiger charge is -2.38. The van der Waals surface area contributed by atoms with Gasteiger partial charge >= 0.3 is 24.3 Å². The van der Waals surface area contributed by atoms with Crippen molar-refractivity contribution in [3.05, 3.63) is 78.1 Å². The molecule has 2 aromatic carbocycles. The number of hydrogen-bond acceptors (Lipinski definition) is 12. The van der Waals surface area contributed by atoms with Crippen LogP contribution in [0.15, 0.2) is 35.8 Å². The van der Waals surface area contributed by atoms with E-state index in [4.69, 9.17) is 97.4 Å². The molecule has 0 aromatic heterocycles. The lowest BCUT2D eigenvalue weighted by atomic mass is 9.76. The average Bonchev–Trinajstić information content (AvgIpc) is 3.55. The number of methoxy groups -OCH3 is 2. The van der Waals surface area contributed by atoms with Crippen LogP contribution in [-0.2, 0) is 65.7 Å². The zero-order valence-corrected chi connectivity index (χ0v) is 44.1. The first-order valence-corrected chi connectivity index (χ1v) is 29.0. The molecule has 2 fully saturated rings. The van der Waals surface area contributed by atoms with Crippen molar-refractivity contribution in [1.82, 2.24) is 0 Å². The van der Waals surface area contributed by atoms with Gasteiger partial charge in [-0.15, -0.1) is 0 Å². The topological polar surface area (TPSA) is 119 Å². The molecule has 2 aromatic rings. The summed E-state index contributed by atoms with van der Waals surface area (Å²) in [6.07, 6.45) is -3.53. The number of rotatable bonds is 12. The number of alkyl halides is 6. The molecule has 68 heavy (non-hydrogen) atoms. The number of aliphatic hydroxyl groups excluding tert-OH is 1. The number of hydrogen-bond donors (Lipinski definition) is 1. The monoisotopic (exact) mass is 1140 g/mol. The van der Waals surface area contributed by atoms with E-state index in [0.717, 1.165) is 24.8 Å². The Morgan fingerprint density at radius 3 is 1.57 bits per heavy atom. The Labute approximate surface area is 427 Å². The highest BCUT2D eigenvalue weighted by Crippen LogP contribution is 2.58. The fraction of sp³-hybridized carbons (Fsp3) is 0.581. The van der Waals surface area contributed by atoms with Crippen LogP contribution >= 0.6 is 69.8 Å². The summed E-state index contributed by atoms with van der Waals surface area (Å²) in [5.74, 6) is -0.838. The van der Waals surface area contributed by atoms with Gasteiger partial charge in [0, 0.05) is 61.9 Å². The zero-order valence-electron chi connectivity index (χ0n) is 36.9. The number of benzene rings is 2. The smallest absolute Gasteiger partial charge is 0.412 e. The summed E-state index contributed by atoms with van der Waals surface area (Å²) < 4.78 is 110. The van der Waals surface area contributed by atoms with Crippen LogP contribution in [0, 0.1) is 25.7 Å². The van der Waals surface area contributed by atoms with Crippen LogP contribution in [0.5, 0.6) is 0 Å². The van der Waals surface area contributed by atoms with Crippen molar-refractivity contribution in [2.24, 2.45) is 11.8 Å². The Morgan fingerprint density at radius 1 is 0.735 bits per heavy atom. The van der Waals surface area contributed by atoms with Gasteiger partial charge in [0.25, 0.3) is 0 Å². The Bertz CT molecular complexity index is 2280. The van der Waals surface area contributed by atoms with Crippen LogP contribution in [0.1, 0.15) is 81.0 Å². The van der Waals surface area contributed by atoms with Gasteiger partial charge in [-0.25, -0.2) is 9.59 Å². The fourth-order valence-electron chi connectivity index (χ4n) is 8.43. The standard InChI is InChI=1S/C21H24Cl2F3O5PS.C18H20Cl2O4.C3H5ClF3OPS.CH4/c1-12-7-14(22)8-15(23)16(12)17-18(31-32(3,33)29-11-21(24,25)26)20(30-19(17)27)6-4-5-13(9-20)10-28-2;1-10-6-12(19)7-13(20)14(10)15-16(21)18(24-17(15)22)5-3-4-11(8-18)9-23-2;1-9(4,10)8-2-3(5,6)7;/h7-8,13H,4-6,9-11H2,1-3H3;6-7,11,21H,3-5,8-9H2,1-2H3;2H2,1H3;1H4. The summed E-state index contributed by atoms with van der Waals surface area (Å²) in [7, 11) is 3.23. The van der Waals surface area contributed by atoms with Gasteiger partial charge in [0.2, 0.25) is 6.49 Å². The molecule has 6 rings (SSSR count). The molecule has 2 spiro atoms. The van der Waals surface area contributed by atoms with Gasteiger partial charge in [0.05, 0.1) is 10.0 Å².